The lowest BCUT2D eigenvalue weighted by molar-refractivity contribution is -0.117. The standard InChI is InChI=1S/C17H14N2O3/c20-12-5-3-4-11(8-12)9-19-17(22)16(21)14-10-18-15-7-2-1-6-13(14)15/h1-8,10,18,20H,9H2,(H,19,22). The summed E-state index contributed by atoms with van der Waals surface area (Å²) >= 11 is 0. The fourth-order valence-corrected chi connectivity index (χ4v) is 2.31. The predicted molar refractivity (Wildman–Crippen MR) is 82.6 cm³/mol. The van der Waals surface area contributed by atoms with Crippen LogP contribution in [0, 0.1) is 0 Å². The number of phenols is 1. The molecule has 5 nitrogen and oxygen atoms in total. The molecule has 0 fully saturated rings. The summed E-state index contributed by atoms with van der Waals surface area (Å²) in [6, 6.07) is 13.8. The molecule has 3 N–H and O–H groups in total. The van der Waals surface area contributed by atoms with E-state index in [1.165, 1.54) is 6.07 Å². The number of Topliss-reactive ketones (excluding diaryl/α,β-unsaturated/α-hetero) is 1. The molecule has 3 rings (SSSR count). The Bertz CT molecular complexity index is 852. The topological polar surface area (TPSA) is 82.2 Å². The molecule has 0 aliphatic rings. The number of aromatic amines is 1. The molecule has 1 heterocycles. The minimum atomic E-state index is -0.673. The summed E-state index contributed by atoms with van der Waals surface area (Å²) < 4.78 is 0. The number of aromatic hydroxyl groups is 1. The molecule has 0 radical (unpaired) electrons. The lowest BCUT2D eigenvalue weighted by atomic mass is 10.1. The van der Waals surface area contributed by atoms with Crippen molar-refractivity contribution in [2.75, 3.05) is 0 Å². The van der Waals surface area contributed by atoms with Crippen LogP contribution in [0.3, 0.4) is 0 Å². The Kier molecular flexibility index (Phi) is 3.62. The number of nitrogens with one attached hydrogen (secondary N) is 2. The molecule has 1 aromatic heterocycles. The average molecular weight is 294 g/mol. The number of fused-ring (bicyclic) bond motifs is 1. The van der Waals surface area contributed by atoms with Crippen molar-refractivity contribution in [1.29, 1.82) is 0 Å². The second kappa shape index (κ2) is 5.73. The van der Waals surface area contributed by atoms with E-state index in [4.69, 9.17) is 0 Å². The fourth-order valence-electron chi connectivity index (χ4n) is 2.31. The van der Waals surface area contributed by atoms with Crippen molar-refractivity contribution in [2.45, 2.75) is 6.54 Å². The highest BCUT2D eigenvalue weighted by Crippen LogP contribution is 2.18. The molecule has 22 heavy (non-hydrogen) atoms. The van der Waals surface area contributed by atoms with E-state index in [1.807, 2.05) is 18.2 Å². The highest BCUT2D eigenvalue weighted by Gasteiger charge is 2.19. The number of hydrogen-bond donors (Lipinski definition) is 3. The fraction of sp³-hybridized carbons (Fsp3) is 0.0588. The van der Waals surface area contributed by atoms with Crippen molar-refractivity contribution in [3.63, 3.8) is 0 Å². The number of hydrogen-bond acceptors (Lipinski definition) is 3. The third kappa shape index (κ3) is 2.69. The molecule has 0 bridgehead atoms. The first-order valence-corrected chi connectivity index (χ1v) is 6.82. The smallest absolute Gasteiger partial charge is 0.292 e. The van der Waals surface area contributed by atoms with Gasteiger partial charge in [0.15, 0.2) is 0 Å². The van der Waals surface area contributed by atoms with Gasteiger partial charge in [-0.3, -0.25) is 9.59 Å². The van der Waals surface area contributed by atoms with Crippen LogP contribution >= 0.6 is 0 Å². The summed E-state index contributed by atoms with van der Waals surface area (Å²) in [6.07, 6.45) is 1.54. The van der Waals surface area contributed by atoms with E-state index >= 15 is 0 Å². The molecular formula is C17H14N2O3. The molecule has 0 spiro atoms. The van der Waals surface area contributed by atoms with Crippen LogP contribution in [0.25, 0.3) is 10.9 Å². The predicted octanol–water partition coefficient (Wildman–Crippen LogP) is 2.37. The quantitative estimate of drug-likeness (QED) is 0.510. The van der Waals surface area contributed by atoms with E-state index in [9.17, 15) is 14.7 Å². The molecule has 0 saturated heterocycles. The first kappa shape index (κ1) is 13.9. The monoisotopic (exact) mass is 294 g/mol. The number of carbonyl (C=O) groups is 2. The Morgan fingerprint density at radius 2 is 1.91 bits per heavy atom. The molecular weight excluding hydrogens is 280 g/mol. The van der Waals surface area contributed by atoms with Crippen molar-refractivity contribution in [3.8, 4) is 5.75 Å². The van der Waals surface area contributed by atoms with Gasteiger partial charge < -0.3 is 15.4 Å². The molecule has 0 aliphatic heterocycles. The zero-order chi connectivity index (χ0) is 15.5. The number of para-hydroxylation sites is 1. The van der Waals surface area contributed by atoms with Crippen LogP contribution < -0.4 is 5.32 Å². The van der Waals surface area contributed by atoms with Crippen molar-refractivity contribution in [3.05, 3.63) is 65.9 Å². The molecule has 2 aromatic carbocycles. The van der Waals surface area contributed by atoms with E-state index in [0.717, 1.165) is 16.5 Å². The Labute approximate surface area is 126 Å². The maximum absolute atomic E-state index is 12.2. The average Bonchev–Trinajstić information content (AvgIpc) is 2.96. The summed E-state index contributed by atoms with van der Waals surface area (Å²) in [5.74, 6) is -1.14. The van der Waals surface area contributed by atoms with Gasteiger partial charge in [0.1, 0.15) is 5.75 Å². The number of benzene rings is 2. The van der Waals surface area contributed by atoms with Crippen LogP contribution in [0.5, 0.6) is 5.75 Å². The SMILES string of the molecule is O=C(NCc1cccc(O)c1)C(=O)c1c[nH]c2ccccc12. The highest BCUT2D eigenvalue weighted by atomic mass is 16.3. The lowest BCUT2D eigenvalue weighted by Gasteiger charge is -2.04. The molecule has 0 unspecified atom stereocenters. The normalized spacial score (nSPS) is 10.5. The molecule has 0 atom stereocenters. The summed E-state index contributed by atoms with van der Waals surface area (Å²) in [5.41, 5.74) is 1.88. The van der Waals surface area contributed by atoms with Crippen LogP contribution in [-0.2, 0) is 11.3 Å². The van der Waals surface area contributed by atoms with Gasteiger partial charge in [-0.05, 0) is 23.8 Å². The van der Waals surface area contributed by atoms with Crippen LogP contribution in [0.4, 0.5) is 0 Å². The van der Waals surface area contributed by atoms with E-state index in [0.29, 0.717) is 5.56 Å². The minimum Gasteiger partial charge on any atom is -0.508 e. The summed E-state index contributed by atoms with van der Waals surface area (Å²) in [7, 11) is 0. The van der Waals surface area contributed by atoms with E-state index < -0.39 is 11.7 Å². The minimum absolute atomic E-state index is 0.120. The van der Waals surface area contributed by atoms with Gasteiger partial charge >= 0.3 is 0 Å². The second-order valence-corrected chi connectivity index (χ2v) is 4.93. The van der Waals surface area contributed by atoms with E-state index in [2.05, 4.69) is 10.3 Å². The van der Waals surface area contributed by atoms with Crippen LogP contribution in [-0.4, -0.2) is 21.8 Å². The van der Waals surface area contributed by atoms with E-state index in [1.54, 1.807) is 30.5 Å². The Hall–Kier alpha value is -3.08. The lowest BCUT2D eigenvalue weighted by Crippen LogP contribution is -2.30. The van der Waals surface area contributed by atoms with Crippen molar-refractivity contribution in [1.82, 2.24) is 10.3 Å². The third-order valence-electron chi connectivity index (χ3n) is 3.40. The first-order valence-electron chi connectivity index (χ1n) is 6.82. The summed E-state index contributed by atoms with van der Waals surface area (Å²) in [5, 5.41) is 12.7. The molecule has 0 aliphatic carbocycles. The number of ketones is 1. The van der Waals surface area contributed by atoms with Gasteiger partial charge in [-0.2, -0.15) is 0 Å². The maximum atomic E-state index is 12.2. The van der Waals surface area contributed by atoms with Gasteiger partial charge in [-0.1, -0.05) is 30.3 Å². The summed E-state index contributed by atoms with van der Waals surface area (Å²) in [4.78, 5) is 27.2. The van der Waals surface area contributed by atoms with Crippen LogP contribution in [0.1, 0.15) is 15.9 Å². The van der Waals surface area contributed by atoms with Crippen LogP contribution in [0.15, 0.2) is 54.7 Å². The number of H-pyrrole nitrogens is 1. The Morgan fingerprint density at radius 3 is 2.73 bits per heavy atom. The largest absolute Gasteiger partial charge is 0.508 e. The molecule has 1 amide bonds. The number of amides is 1. The van der Waals surface area contributed by atoms with Gasteiger partial charge in [0, 0.05) is 23.6 Å². The molecule has 3 aromatic rings. The first-order chi connectivity index (χ1) is 10.6. The van der Waals surface area contributed by atoms with Gasteiger partial charge in [0.2, 0.25) is 0 Å². The summed E-state index contributed by atoms with van der Waals surface area (Å²) in [6.45, 7) is 0.182. The maximum Gasteiger partial charge on any atom is 0.292 e. The highest BCUT2D eigenvalue weighted by molar-refractivity contribution is 6.44. The van der Waals surface area contributed by atoms with Gasteiger partial charge in [-0.15, -0.1) is 0 Å². The van der Waals surface area contributed by atoms with Crippen molar-refractivity contribution in [2.24, 2.45) is 0 Å². The van der Waals surface area contributed by atoms with Gasteiger partial charge in [0.25, 0.3) is 11.7 Å². The molecule has 0 saturated carbocycles. The number of rotatable bonds is 4. The third-order valence-corrected chi connectivity index (χ3v) is 3.40. The Balaban J connectivity index is 1.73. The number of carbonyl (C=O) groups excluding carboxylic acids is 2. The number of aromatic nitrogens is 1. The van der Waals surface area contributed by atoms with Crippen molar-refractivity contribution >= 4 is 22.6 Å². The second-order valence-electron chi connectivity index (χ2n) is 4.93. The van der Waals surface area contributed by atoms with Gasteiger partial charge in [-0.25, -0.2) is 0 Å². The zero-order valence-electron chi connectivity index (χ0n) is 11.7. The molecule has 5 heteroatoms. The molecule has 110 valence electrons. The van der Waals surface area contributed by atoms with Crippen molar-refractivity contribution < 1.29 is 14.7 Å². The van der Waals surface area contributed by atoms with Gasteiger partial charge in [0.05, 0.1) is 5.56 Å². The Morgan fingerprint density at radius 1 is 1.09 bits per heavy atom. The number of phenolic OH excluding ortho intramolecular Hbond substituents is 1. The zero-order valence-corrected chi connectivity index (χ0v) is 11.7. The van der Waals surface area contributed by atoms with E-state index in [-0.39, 0.29) is 12.3 Å². The van der Waals surface area contributed by atoms with Crippen LogP contribution in [0.2, 0.25) is 0 Å².